The summed E-state index contributed by atoms with van der Waals surface area (Å²) in [7, 11) is 1.46. The Balaban J connectivity index is 2.49. The number of methoxy groups -OCH3 is 1. The van der Waals surface area contributed by atoms with E-state index >= 15 is 0 Å². The van der Waals surface area contributed by atoms with E-state index in [-0.39, 0.29) is 11.6 Å². The van der Waals surface area contributed by atoms with Gasteiger partial charge in [0.2, 0.25) is 0 Å². The molecule has 0 heterocycles. The Kier molecular flexibility index (Phi) is 4.99. The average Bonchev–Trinajstić information content (AvgIpc) is 2.24. The van der Waals surface area contributed by atoms with Gasteiger partial charge in [0.15, 0.2) is 11.6 Å². The van der Waals surface area contributed by atoms with E-state index < -0.39 is 0 Å². The summed E-state index contributed by atoms with van der Waals surface area (Å²) < 4.78 is 18.2. The molecular formula is C13H18FNO. The number of allylic oxidation sites excluding steroid dienone is 1. The van der Waals surface area contributed by atoms with Crippen molar-refractivity contribution in [2.45, 2.75) is 20.4 Å². The minimum absolute atomic E-state index is 0.285. The number of ether oxygens (including phenoxy) is 1. The second-order valence-electron chi connectivity index (χ2n) is 3.88. The Morgan fingerprint density at radius 2 is 2.19 bits per heavy atom. The Hall–Kier alpha value is -1.35. The van der Waals surface area contributed by atoms with E-state index in [9.17, 15) is 4.39 Å². The highest BCUT2D eigenvalue weighted by Crippen LogP contribution is 2.17. The van der Waals surface area contributed by atoms with Crippen LogP contribution in [0.5, 0.6) is 5.75 Å². The molecule has 0 spiro atoms. The zero-order chi connectivity index (χ0) is 12.0. The number of nitrogens with one attached hydrogen (secondary N) is 1. The molecule has 1 aromatic carbocycles. The summed E-state index contributed by atoms with van der Waals surface area (Å²) >= 11 is 0. The number of hydrogen-bond donors (Lipinski definition) is 1. The lowest BCUT2D eigenvalue weighted by molar-refractivity contribution is 0.386. The molecule has 0 saturated heterocycles. The highest BCUT2D eigenvalue weighted by atomic mass is 19.1. The first-order valence-electron chi connectivity index (χ1n) is 5.30. The Morgan fingerprint density at radius 1 is 1.44 bits per heavy atom. The van der Waals surface area contributed by atoms with Crippen molar-refractivity contribution in [3.63, 3.8) is 0 Å². The van der Waals surface area contributed by atoms with Gasteiger partial charge >= 0.3 is 0 Å². The molecule has 0 saturated carbocycles. The highest BCUT2D eigenvalue weighted by Gasteiger charge is 2.02. The largest absolute Gasteiger partial charge is 0.494 e. The van der Waals surface area contributed by atoms with Gasteiger partial charge in [-0.15, -0.1) is 0 Å². The lowest BCUT2D eigenvalue weighted by atomic mass is 10.2. The molecule has 2 nitrogen and oxygen atoms in total. The van der Waals surface area contributed by atoms with Gasteiger partial charge in [-0.1, -0.05) is 17.7 Å². The molecule has 3 heteroatoms. The van der Waals surface area contributed by atoms with Crippen LogP contribution in [0, 0.1) is 5.82 Å². The standard InChI is InChI=1S/C13H18FNO/c1-10(2)6-7-15-9-11-4-5-13(16-3)12(14)8-11/h4-6,8,15H,7,9H2,1-3H3. The molecule has 0 unspecified atom stereocenters. The van der Waals surface area contributed by atoms with Crippen molar-refractivity contribution in [3.8, 4) is 5.75 Å². The zero-order valence-electron chi connectivity index (χ0n) is 10.0. The van der Waals surface area contributed by atoms with Crippen LogP contribution in [0.1, 0.15) is 19.4 Å². The number of benzene rings is 1. The molecule has 0 bridgehead atoms. The predicted molar refractivity (Wildman–Crippen MR) is 64.1 cm³/mol. The van der Waals surface area contributed by atoms with Gasteiger partial charge in [-0.05, 0) is 31.5 Å². The van der Waals surface area contributed by atoms with E-state index in [2.05, 4.69) is 25.2 Å². The fourth-order valence-corrected chi connectivity index (χ4v) is 1.31. The van der Waals surface area contributed by atoms with Crippen LogP contribution in [0.4, 0.5) is 4.39 Å². The normalized spacial score (nSPS) is 10.0. The molecule has 0 amide bonds. The van der Waals surface area contributed by atoms with Crippen molar-refractivity contribution in [2.24, 2.45) is 0 Å². The van der Waals surface area contributed by atoms with Crippen LogP contribution in [0.25, 0.3) is 0 Å². The second kappa shape index (κ2) is 6.28. The van der Waals surface area contributed by atoms with Crippen LogP contribution in [-0.4, -0.2) is 13.7 Å². The average molecular weight is 223 g/mol. The SMILES string of the molecule is COc1ccc(CNCC=C(C)C)cc1F. The predicted octanol–water partition coefficient (Wildman–Crippen LogP) is 2.89. The topological polar surface area (TPSA) is 21.3 Å². The van der Waals surface area contributed by atoms with Crippen molar-refractivity contribution < 1.29 is 9.13 Å². The van der Waals surface area contributed by atoms with Gasteiger partial charge in [0.25, 0.3) is 0 Å². The van der Waals surface area contributed by atoms with Crippen molar-refractivity contribution in [2.75, 3.05) is 13.7 Å². The maximum absolute atomic E-state index is 13.3. The van der Waals surface area contributed by atoms with Crippen LogP contribution < -0.4 is 10.1 Å². The molecular weight excluding hydrogens is 205 g/mol. The first-order chi connectivity index (χ1) is 7.63. The van der Waals surface area contributed by atoms with E-state index in [0.717, 1.165) is 12.1 Å². The molecule has 0 atom stereocenters. The van der Waals surface area contributed by atoms with Crippen molar-refractivity contribution >= 4 is 0 Å². The maximum Gasteiger partial charge on any atom is 0.165 e. The third-order valence-electron chi connectivity index (χ3n) is 2.20. The molecule has 1 N–H and O–H groups in total. The summed E-state index contributed by atoms with van der Waals surface area (Å²) in [4.78, 5) is 0. The van der Waals surface area contributed by atoms with Gasteiger partial charge in [-0.3, -0.25) is 0 Å². The highest BCUT2D eigenvalue weighted by molar-refractivity contribution is 5.29. The van der Waals surface area contributed by atoms with E-state index in [1.54, 1.807) is 6.07 Å². The second-order valence-corrected chi connectivity index (χ2v) is 3.88. The number of rotatable bonds is 5. The lowest BCUT2D eigenvalue weighted by Gasteiger charge is -2.05. The molecule has 1 rings (SSSR count). The Bertz CT molecular complexity index is 370. The lowest BCUT2D eigenvalue weighted by Crippen LogP contribution is -2.13. The van der Waals surface area contributed by atoms with Crippen LogP contribution >= 0.6 is 0 Å². The molecule has 0 aliphatic heterocycles. The zero-order valence-corrected chi connectivity index (χ0v) is 10.0. The first kappa shape index (κ1) is 12.7. The Labute approximate surface area is 96.1 Å². The van der Waals surface area contributed by atoms with E-state index in [0.29, 0.717) is 6.54 Å². The van der Waals surface area contributed by atoms with E-state index in [4.69, 9.17) is 4.74 Å². The van der Waals surface area contributed by atoms with Gasteiger partial charge in [-0.2, -0.15) is 0 Å². The van der Waals surface area contributed by atoms with E-state index in [1.165, 1.54) is 18.7 Å². The minimum Gasteiger partial charge on any atom is -0.494 e. The molecule has 0 aliphatic rings. The summed E-state index contributed by atoms with van der Waals surface area (Å²) in [6.07, 6.45) is 2.10. The number of halogens is 1. The molecule has 0 aliphatic carbocycles. The smallest absolute Gasteiger partial charge is 0.165 e. The first-order valence-corrected chi connectivity index (χ1v) is 5.30. The molecule has 88 valence electrons. The summed E-state index contributed by atoms with van der Waals surface area (Å²) in [5.41, 5.74) is 2.19. The Morgan fingerprint density at radius 3 is 2.75 bits per heavy atom. The van der Waals surface area contributed by atoms with Crippen molar-refractivity contribution in [1.29, 1.82) is 0 Å². The van der Waals surface area contributed by atoms with Crippen molar-refractivity contribution in [3.05, 3.63) is 41.2 Å². The van der Waals surface area contributed by atoms with Gasteiger partial charge in [0, 0.05) is 13.1 Å². The van der Waals surface area contributed by atoms with Crippen LogP contribution in [0.3, 0.4) is 0 Å². The van der Waals surface area contributed by atoms with Gasteiger partial charge in [-0.25, -0.2) is 4.39 Å². The molecule has 0 radical (unpaired) electrons. The van der Waals surface area contributed by atoms with Gasteiger partial charge in [0.1, 0.15) is 0 Å². The van der Waals surface area contributed by atoms with Gasteiger partial charge in [0.05, 0.1) is 7.11 Å². The number of hydrogen-bond acceptors (Lipinski definition) is 2. The van der Waals surface area contributed by atoms with Crippen molar-refractivity contribution in [1.82, 2.24) is 5.32 Å². The summed E-state index contributed by atoms with van der Waals surface area (Å²) in [6, 6.07) is 5.00. The van der Waals surface area contributed by atoms with E-state index in [1.807, 2.05) is 6.07 Å². The maximum atomic E-state index is 13.3. The molecule has 1 aromatic rings. The third kappa shape index (κ3) is 4.03. The van der Waals surface area contributed by atoms with Crippen LogP contribution in [0.2, 0.25) is 0 Å². The summed E-state index contributed by atoms with van der Waals surface area (Å²) in [5, 5.41) is 3.21. The fraction of sp³-hybridized carbons (Fsp3) is 0.385. The molecule has 16 heavy (non-hydrogen) atoms. The quantitative estimate of drug-likeness (QED) is 0.612. The summed E-state index contributed by atoms with van der Waals surface area (Å²) in [5.74, 6) is -0.0305. The summed E-state index contributed by atoms with van der Waals surface area (Å²) in [6.45, 7) is 5.56. The minimum atomic E-state index is -0.316. The third-order valence-corrected chi connectivity index (χ3v) is 2.20. The van der Waals surface area contributed by atoms with Crippen LogP contribution in [0.15, 0.2) is 29.8 Å². The fourth-order valence-electron chi connectivity index (χ4n) is 1.31. The van der Waals surface area contributed by atoms with Gasteiger partial charge < -0.3 is 10.1 Å². The monoisotopic (exact) mass is 223 g/mol. The van der Waals surface area contributed by atoms with Crippen LogP contribution in [-0.2, 0) is 6.54 Å². The molecule has 0 fully saturated rings. The molecule has 0 aromatic heterocycles.